The fourth-order valence-electron chi connectivity index (χ4n) is 7.18. The van der Waals surface area contributed by atoms with Gasteiger partial charge in [-0.15, -0.1) is 11.3 Å². The molecular formula is C46H29NOS. The number of nitrogens with zero attached hydrogens (tertiary/aromatic N) is 1. The predicted octanol–water partition coefficient (Wildman–Crippen LogP) is 13.9. The van der Waals surface area contributed by atoms with Gasteiger partial charge in [-0.05, 0) is 106 Å². The number of fused-ring (bicyclic) bond motifs is 7. The summed E-state index contributed by atoms with van der Waals surface area (Å²) in [5, 5.41) is 7.28. The van der Waals surface area contributed by atoms with Crippen molar-refractivity contribution in [3.8, 4) is 22.3 Å². The Morgan fingerprint density at radius 3 is 1.76 bits per heavy atom. The highest BCUT2D eigenvalue weighted by Gasteiger charge is 2.16. The molecule has 8 aromatic carbocycles. The molecule has 2 nitrogen and oxygen atoms in total. The Labute approximate surface area is 287 Å². The second-order valence-electron chi connectivity index (χ2n) is 12.6. The van der Waals surface area contributed by atoms with Crippen LogP contribution in [0.25, 0.3) is 75.1 Å². The zero-order chi connectivity index (χ0) is 32.3. The number of benzene rings is 8. The Balaban J connectivity index is 1.06. The molecule has 2 aromatic heterocycles. The third kappa shape index (κ3) is 4.78. The molecule has 0 spiro atoms. The minimum absolute atomic E-state index is 0.925. The average molecular weight is 644 g/mol. The van der Waals surface area contributed by atoms with E-state index in [1.807, 2.05) is 23.5 Å². The normalized spacial score (nSPS) is 11.7. The van der Waals surface area contributed by atoms with Crippen molar-refractivity contribution < 1.29 is 4.42 Å². The molecule has 0 saturated carbocycles. The van der Waals surface area contributed by atoms with E-state index in [1.54, 1.807) is 0 Å². The van der Waals surface area contributed by atoms with Gasteiger partial charge in [-0.3, -0.25) is 0 Å². The third-order valence-corrected chi connectivity index (χ3v) is 10.8. The largest absolute Gasteiger partial charge is 0.456 e. The molecule has 0 saturated heterocycles. The van der Waals surface area contributed by atoms with E-state index >= 15 is 0 Å². The summed E-state index contributed by atoms with van der Waals surface area (Å²) < 4.78 is 8.77. The standard InChI is InChI=1S/C46H29NOS/c1-2-8-30(9-3-1)31-16-20-36(21-17-31)47(38-24-25-46-42(29-38)40-11-5-7-13-45(40)49-46)37-22-18-32(19-23-37)33-14-15-34-28-44-41(27-35(34)26-33)39-10-4-6-12-43(39)48-44/h1-29H. The Hall–Kier alpha value is -6.16. The van der Waals surface area contributed by atoms with Gasteiger partial charge in [0.1, 0.15) is 11.2 Å². The van der Waals surface area contributed by atoms with Crippen molar-refractivity contribution in [2.45, 2.75) is 0 Å². The van der Waals surface area contributed by atoms with Crippen molar-refractivity contribution >= 4 is 81.3 Å². The van der Waals surface area contributed by atoms with Crippen LogP contribution in [0.5, 0.6) is 0 Å². The second kappa shape index (κ2) is 11.2. The van der Waals surface area contributed by atoms with Crippen LogP contribution in [0.4, 0.5) is 17.1 Å². The first-order valence-electron chi connectivity index (χ1n) is 16.6. The van der Waals surface area contributed by atoms with Gasteiger partial charge in [-0.2, -0.15) is 0 Å². The van der Waals surface area contributed by atoms with E-state index < -0.39 is 0 Å². The third-order valence-electron chi connectivity index (χ3n) is 9.65. The minimum atomic E-state index is 0.925. The van der Waals surface area contributed by atoms with Crippen LogP contribution in [0.1, 0.15) is 0 Å². The van der Waals surface area contributed by atoms with Crippen molar-refractivity contribution in [3.63, 3.8) is 0 Å². The van der Waals surface area contributed by atoms with Crippen LogP contribution in [0.3, 0.4) is 0 Å². The summed E-state index contributed by atoms with van der Waals surface area (Å²) in [6, 6.07) is 63.4. The van der Waals surface area contributed by atoms with Crippen LogP contribution in [0, 0.1) is 0 Å². The second-order valence-corrected chi connectivity index (χ2v) is 13.7. The van der Waals surface area contributed by atoms with Gasteiger partial charge < -0.3 is 9.32 Å². The molecule has 0 amide bonds. The molecule has 10 aromatic rings. The van der Waals surface area contributed by atoms with E-state index in [2.05, 4.69) is 169 Å². The molecule has 0 aliphatic heterocycles. The van der Waals surface area contributed by atoms with E-state index in [0.717, 1.165) is 39.0 Å². The average Bonchev–Trinajstić information content (AvgIpc) is 3.72. The van der Waals surface area contributed by atoms with Gasteiger partial charge in [0.15, 0.2) is 0 Å². The topological polar surface area (TPSA) is 16.4 Å². The maximum Gasteiger partial charge on any atom is 0.136 e. The monoisotopic (exact) mass is 643 g/mol. The molecule has 3 heteroatoms. The molecule has 0 fully saturated rings. The summed E-state index contributed by atoms with van der Waals surface area (Å²) in [6.45, 7) is 0. The van der Waals surface area contributed by atoms with Gasteiger partial charge in [-0.25, -0.2) is 0 Å². The summed E-state index contributed by atoms with van der Waals surface area (Å²) in [7, 11) is 0. The van der Waals surface area contributed by atoms with Crippen molar-refractivity contribution in [1.29, 1.82) is 0 Å². The van der Waals surface area contributed by atoms with Crippen LogP contribution < -0.4 is 4.90 Å². The summed E-state index contributed by atoms with van der Waals surface area (Å²) >= 11 is 1.85. The van der Waals surface area contributed by atoms with Gasteiger partial charge in [0, 0.05) is 48.0 Å². The van der Waals surface area contributed by atoms with Crippen LogP contribution in [-0.2, 0) is 0 Å². The van der Waals surface area contributed by atoms with Crippen LogP contribution in [-0.4, -0.2) is 0 Å². The quantitative estimate of drug-likeness (QED) is 0.186. The van der Waals surface area contributed by atoms with Gasteiger partial charge >= 0.3 is 0 Å². The number of para-hydroxylation sites is 1. The first-order chi connectivity index (χ1) is 24.2. The highest BCUT2D eigenvalue weighted by atomic mass is 32.1. The molecule has 0 unspecified atom stereocenters. The lowest BCUT2D eigenvalue weighted by Crippen LogP contribution is -2.09. The molecule has 2 heterocycles. The summed E-state index contributed by atoms with van der Waals surface area (Å²) in [4.78, 5) is 2.37. The van der Waals surface area contributed by atoms with Crippen LogP contribution >= 0.6 is 11.3 Å². The van der Waals surface area contributed by atoms with Crippen molar-refractivity contribution in [3.05, 3.63) is 176 Å². The SMILES string of the molecule is c1ccc(-c2ccc(N(c3ccc(-c4ccc5cc6oc7ccccc7c6cc5c4)cc3)c3ccc4sc5ccccc5c4c3)cc2)cc1. The number of anilines is 3. The minimum Gasteiger partial charge on any atom is -0.456 e. The predicted molar refractivity (Wildman–Crippen MR) is 210 cm³/mol. The number of hydrogen-bond acceptors (Lipinski definition) is 3. The Bertz CT molecular complexity index is 2810. The highest BCUT2D eigenvalue weighted by Crippen LogP contribution is 2.42. The fraction of sp³-hybridized carbons (Fsp3) is 0. The zero-order valence-electron chi connectivity index (χ0n) is 26.5. The van der Waals surface area contributed by atoms with Crippen molar-refractivity contribution in [1.82, 2.24) is 0 Å². The first kappa shape index (κ1) is 27.9. The van der Waals surface area contributed by atoms with Gasteiger partial charge in [0.2, 0.25) is 0 Å². The highest BCUT2D eigenvalue weighted by molar-refractivity contribution is 7.25. The molecule has 230 valence electrons. The van der Waals surface area contributed by atoms with Crippen molar-refractivity contribution in [2.24, 2.45) is 0 Å². The van der Waals surface area contributed by atoms with E-state index in [-0.39, 0.29) is 0 Å². The Morgan fingerprint density at radius 1 is 0.347 bits per heavy atom. The maximum absolute atomic E-state index is 6.15. The molecular weight excluding hydrogens is 615 g/mol. The van der Waals surface area contributed by atoms with E-state index in [4.69, 9.17) is 4.42 Å². The molecule has 0 bridgehead atoms. The summed E-state index contributed by atoms with van der Waals surface area (Å²) in [6.07, 6.45) is 0. The van der Waals surface area contributed by atoms with E-state index in [9.17, 15) is 0 Å². The molecule has 0 atom stereocenters. The number of rotatable bonds is 5. The molecule has 0 radical (unpaired) electrons. The lowest BCUT2D eigenvalue weighted by atomic mass is 9.99. The van der Waals surface area contributed by atoms with E-state index in [1.165, 1.54) is 53.2 Å². The van der Waals surface area contributed by atoms with Gasteiger partial charge in [0.05, 0.1) is 0 Å². The number of thiophene rings is 1. The summed E-state index contributed by atoms with van der Waals surface area (Å²) in [5.74, 6) is 0. The smallest absolute Gasteiger partial charge is 0.136 e. The number of furan rings is 1. The molecule has 49 heavy (non-hydrogen) atoms. The maximum atomic E-state index is 6.15. The Kier molecular flexibility index (Phi) is 6.39. The zero-order valence-corrected chi connectivity index (χ0v) is 27.3. The van der Waals surface area contributed by atoms with Gasteiger partial charge in [0.25, 0.3) is 0 Å². The van der Waals surface area contributed by atoms with E-state index in [0.29, 0.717) is 0 Å². The van der Waals surface area contributed by atoms with Crippen LogP contribution in [0.2, 0.25) is 0 Å². The first-order valence-corrected chi connectivity index (χ1v) is 17.4. The fourth-order valence-corrected chi connectivity index (χ4v) is 8.27. The lowest BCUT2D eigenvalue weighted by molar-refractivity contribution is 0.669. The van der Waals surface area contributed by atoms with Crippen LogP contribution in [0.15, 0.2) is 180 Å². The lowest BCUT2D eigenvalue weighted by Gasteiger charge is -2.26. The van der Waals surface area contributed by atoms with Crippen molar-refractivity contribution in [2.75, 3.05) is 4.90 Å². The number of hydrogen-bond donors (Lipinski definition) is 0. The molecule has 0 aliphatic carbocycles. The molecule has 10 rings (SSSR count). The molecule has 0 aliphatic rings. The Morgan fingerprint density at radius 2 is 0.959 bits per heavy atom. The van der Waals surface area contributed by atoms with Gasteiger partial charge in [-0.1, -0.05) is 103 Å². The summed E-state index contributed by atoms with van der Waals surface area (Å²) in [5.41, 5.74) is 10.0. The molecule has 0 N–H and O–H groups in total.